The molecule has 0 spiro atoms. The lowest BCUT2D eigenvalue weighted by Crippen LogP contribution is -2.46. The highest BCUT2D eigenvalue weighted by molar-refractivity contribution is 5.89. The van der Waals surface area contributed by atoms with E-state index in [1.807, 2.05) is 11.9 Å². The third-order valence-electron chi connectivity index (χ3n) is 3.53. The Hall–Kier alpha value is -1.10. The molecule has 16 heavy (non-hydrogen) atoms. The van der Waals surface area contributed by atoms with Gasteiger partial charge < -0.3 is 15.5 Å². The lowest BCUT2D eigenvalue weighted by atomic mass is 10.0. The molecule has 5 heteroatoms. The summed E-state index contributed by atoms with van der Waals surface area (Å²) in [5.74, 6) is -0.0327. The van der Waals surface area contributed by atoms with Crippen LogP contribution in [0, 0.1) is 5.92 Å². The monoisotopic (exact) mass is 225 g/mol. The average molecular weight is 225 g/mol. The van der Waals surface area contributed by atoms with Crippen molar-refractivity contribution in [1.82, 2.24) is 15.5 Å². The van der Waals surface area contributed by atoms with E-state index in [-0.39, 0.29) is 17.7 Å². The van der Waals surface area contributed by atoms with Gasteiger partial charge in [0, 0.05) is 26.1 Å². The van der Waals surface area contributed by atoms with E-state index in [4.69, 9.17) is 0 Å². The van der Waals surface area contributed by atoms with Gasteiger partial charge in [0.1, 0.15) is 0 Å². The number of piperidine rings is 1. The molecule has 2 N–H and O–H groups in total. The van der Waals surface area contributed by atoms with Crippen LogP contribution in [0.2, 0.25) is 0 Å². The first-order valence-corrected chi connectivity index (χ1v) is 5.92. The summed E-state index contributed by atoms with van der Waals surface area (Å²) in [6.07, 6.45) is 2.38. The summed E-state index contributed by atoms with van der Waals surface area (Å²) in [5, 5.41) is 5.99. The van der Waals surface area contributed by atoms with Crippen LogP contribution in [0.4, 0.5) is 0 Å². The number of carbonyl (C=O) groups is 2. The van der Waals surface area contributed by atoms with Crippen molar-refractivity contribution in [2.24, 2.45) is 5.92 Å². The van der Waals surface area contributed by atoms with Gasteiger partial charge >= 0.3 is 0 Å². The van der Waals surface area contributed by atoms with Gasteiger partial charge in [0.15, 0.2) is 0 Å². The highest BCUT2D eigenvalue weighted by atomic mass is 16.2. The lowest BCUT2D eigenvalue weighted by molar-refractivity contribution is -0.137. The van der Waals surface area contributed by atoms with Crippen LogP contribution in [-0.4, -0.2) is 49.4 Å². The highest BCUT2D eigenvalue weighted by Crippen LogP contribution is 2.17. The van der Waals surface area contributed by atoms with Crippen molar-refractivity contribution in [2.45, 2.75) is 25.3 Å². The minimum absolute atomic E-state index is 0.00272. The minimum Gasteiger partial charge on any atom is -0.355 e. The minimum atomic E-state index is -0.146. The maximum atomic E-state index is 12.1. The van der Waals surface area contributed by atoms with Gasteiger partial charge in [-0.05, 0) is 25.9 Å². The molecule has 0 aromatic heterocycles. The summed E-state index contributed by atoms with van der Waals surface area (Å²) in [6.45, 7) is 2.46. The van der Waals surface area contributed by atoms with Crippen LogP contribution in [0.25, 0.3) is 0 Å². The quantitative estimate of drug-likeness (QED) is 0.655. The maximum Gasteiger partial charge on any atom is 0.227 e. The topological polar surface area (TPSA) is 61.4 Å². The Bertz CT molecular complexity index is 287. The Morgan fingerprint density at radius 1 is 1.38 bits per heavy atom. The number of rotatable bonds is 2. The Balaban J connectivity index is 1.90. The maximum absolute atomic E-state index is 12.1. The molecule has 2 rings (SSSR count). The summed E-state index contributed by atoms with van der Waals surface area (Å²) in [4.78, 5) is 25.0. The van der Waals surface area contributed by atoms with Gasteiger partial charge in [-0.15, -0.1) is 0 Å². The first-order chi connectivity index (χ1) is 7.68. The smallest absolute Gasteiger partial charge is 0.227 e. The van der Waals surface area contributed by atoms with Crippen LogP contribution in [0.1, 0.15) is 19.3 Å². The first kappa shape index (κ1) is 11.4. The molecule has 1 atom stereocenters. The fourth-order valence-electron chi connectivity index (χ4n) is 2.44. The molecular weight excluding hydrogens is 206 g/mol. The van der Waals surface area contributed by atoms with E-state index in [0.29, 0.717) is 19.0 Å². The number of hydrogen-bond acceptors (Lipinski definition) is 3. The zero-order chi connectivity index (χ0) is 11.5. The number of carbonyl (C=O) groups excluding carboxylic acids is 2. The van der Waals surface area contributed by atoms with Gasteiger partial charge in [0.2, 0.25) is 11.8 Å². The first-order valence-electron chi connectivity index (χ1n) is 5.92. The normalized spacial score (nSPS) is 26.6. The summed E-state index contributed by atoms with van der Waals surface area (Å²) < 4.78 is 0. The summed E-state index contributed by atoms with van der Waals surface area (Å²) in [6, 6.07) is 0.337. The van der Waals surface area contributed by atoms with Crippen LogP contribution >= 0.6 is 0 Å². The number of nitrogens with zero attached hydrogens (tertiary/aromatic N) is 1. The second kappa shape index (κ2) is 4.82. The van der Waals surface area contributed by atoms with Crippen molar-refractivity contribution in [3.63, 3.8) is 0 Å². The third kappa shape index (κ3) is 2.35. The molecule has 2 aliphatic rings. The van der Waals surface area contributed by atoms with Crippen LogP contribution < -0.4 is 10.6 Å². The van der Waals surface area contributed by atoms with Crippen LogP contribution in [0.15, 0.2) is 0 Å². The van der Waals surface area contributed by atoms with Crippen molar-refractivity contribution >= 4 is 11.8 Å². The van der Waals surface area contributed by atoms with Crippen LogP contribution in [0.5, 0.6) is 0 Å². The highest BCUT2D eigenvalue weighted by Gasteiger charge is 2.32. The molecule has 2 amide bonds. The average Bonchev–Trinajstić information content (AvgIpc) is 2.75. The fraction of sp³-hybridized carbons (Fsp3) is 0.818. The Labute approximate surface area is 95.6 Å². The van der Waals surface area contributed by atoms with Gasteiger partial charge in [-0.2, -0.15) is 0 Å². The largest absolute Gasteiger partial charge is 0.355 e. The van der Waals surface area contributed by atoms with E-state index in [1.54, 1.807) is 0 Å². The Kier molecular flexibility index (Phi) is 3.43. The van der Waals surface area contributed by atoms with E-state index in [0.717, 1.165) is 25.9 Å². The SMILES string of the molecule is CN(C(=O)C1CNC(=O)C1)C1CCNCC1. The van der Waals surface area contributed by atoms with Crippen LogP contribution in [-0.2, 0) is 9.59 Å². The number of amides is 2. The van der Waals surface area contributed by atoms with E-state index < -0.39 is 0 Å². The molecule has 2 aliphatic heterocycles. The zero-order valence-electron chi connectivity index (χ0n) is 9.66. The van der Waals surface area contributed by atoms with Crippen molar-refractivity contribution in [2.75, 3.05) is 26.7 Å². The molecular formula is C11H19N3O2. The molecule has 0 aliphatic carbocycles. The predicted octanol–water partition coefficient (Wildman–Crippen LogP) is -0.667. The van der Waals surface area contributed by atoms with Gasteiger partial charge in [-0.25, -0.2) is 0 Å². The number of nitrogens with one attached hydrogen (secondary N) is 2. The van der Waals surface area contributed by atoms with Gasteiger partial charge in [-0.3, -0.25) is 9.59 Å². The molecule has 0 saturated carbocycles. The van der Waals surface area contributed by atoms with E-state index in [1.165, 1.54) is 0 Å². The molecule has 0 bridgehead atoms. The standard InChI is InChI=1S/C11H19N3O2/c1-14(9-2-4-12-5-3-9)11(16)8-6-10(15)13-7-8/h8-9,12H,2-7H2,1H3,(H,13,15). The second-order valence-corrected chi connectivity index (χ2v) is 4.64. The molecule has 0 radical (unpaired) electrons. The zero-order valence-corrected chi connectivity index (χ0v) is 9.66. The summed E-state index contributed by atoms with van der Waals surface area (Å²) in [5.41, 5.74) is 0. The Morgan fingerprint density at radius 2 is 2.06 bits per heavy atom. The third-order valence-corrected chi connectivity index (χ3v) is 3.53. The molecule has 5 nitrogen and oxygen atoms in total. The molecule has 2 fully saturated rings. The van der Waals surface area contributed by atoms with Crippen molar-refractivity contribution in [1.29, 1.82) is 0 Å². The second-order valence-electron chi connectivity index (χ2n) is 4.64. The van der Waals surface area contributed by atoms with E-state index >= 15 is 0 Å². The van der Waals surface area contributed by atoms with Crippen LogP contribution in [0.3, 0.4) is 0 Å². The molecule has 2 heterocycles. The summed E-state index contributed by atoms with van der Waals surface area (Å²) in [7, 11) is 1.86. The van der Waals surface area contributed by atoms with Gasteiger partial charge in [0.25, 0.3) is 0 Å². The Morgan fingerprint density at radius 3 is 2.62 bits per heavy atom. The molecule has 90 valence electrons. The van der Waals surface area contributed by atoms with Gasteiger partial charge in [-0.1, -0.05) is 0 Å². The molecule has 0 aromatic rings. The van der Waals surface area contributed by atoms with Gasteiger partial charge in [0.05, 0.1) is 5.92 Å². The molecule has 1 unspecified atom stereocenters. The van der Waals surface area contributed by atoms with Crippen molar-refractivity contribution in [3.8, 4) is 0 Å². The molecule has 2 saturated heterocycles. The van der Waals surface area contributed by atoms with E-state index in [9.17, 15) is 9.59 Å². The van der Waals surface area contributed by atoms with Crippen molar-refractivity contribution in [3.05, 3.63) is 0 Å². The summed E-state index contributed by atoms with van der Waals surface area (Å²) >= 11 is 0. The fourth-order valence-corrected chi connectivity index (χ4v) is 2.44. The lowest BCUT2D eigenvalue weighted by Gasteiger charge is -2.33. The predicted molar refractivity (Wildman–Crippen MR) is 59.8 cm³/mol. The number of hydrogen-bond donors (Lipinski definition) is 2. The molecule has 0 aromatic carbocycles. The van der Waals surface area contributed by atoms with Crippen molar-refractivity contribution < 1.29 is 9.59 Å². The van der Waals surface area contributed by atoms with E-state index in [2.05, 4.69) is 10.6 Å².